The Morgan fingerprint density at radius 2 is 1.93 bits per heavy atom. The minimum atomic E-state index is -0.461. The molecule has 1 atom stereocenters. The van der Waals surface area contributed by atoms with Crippen molar-refractivity contribution in [2.24, 2.45) is 0 Å². The second-order valence-electron chi connectivity index (χ2n) is 7.50. The normalized spacial score (nSPS) is 15.8. The third kappa shape index (κ3) is 2.76. The smallest absolute Gasteiger partial charge is 0.255 e. The quantitative estimate of drug-likeness (QED) is 0.488. The number of aromatic nitrogens is 5. The van der Waals surface area contributed by atoms with Crippen LogP contribution in [0.25, 0.3) is 10.9 Å². The van der Waals surface area contributed by atoms with E-state index in [0.29, 0.717) is 11.5 Å². The minimum absolute atomic E-state index is 0.190. The highest BCUT2D eigenvalue weighted by atomic mass is 16.1. The first-order chi connectivity index (χ1) is 14.5. The van der Waals surface area contributed by atoms with E-state index in [1.165, 1.54) is 0 Å². The van der Waals surface area contributed by atoms with Crippen molar-refractivity contribution in [3.8, 4) is 0 Å². The molecule has 0 saturated heterocycles. The molecule has 150 valence electrons. The number of para-hydroxylation sites is 1. The first-order valence-corrected chi connectivity index (χ1v) is 9.74. The van der Waals surface area contributed by atoms with Gasteiger partial charge in [-0.2, -0.15) is 4.68 Å². The van der Waals surface area contributed by atoms with Crippen LogP contribution in [0.1, 0.15) is 29.7 Å². The molecule has 3 N–H and O–H groups in total. The Labute approximate surface area is 173 Å². The van der Waals surface area contributed by atoms with Gasteiger partial charge in [0.15, 0.2) is 0 Å². The van der Waals surface area contributed by atoms with Gasteiger partial charge in [-0.3, -0.25) is 4.79 Å². The average molecular weight is 399 g/mol. The van der Waals surface area contributed by atoms with Gasteiger partial charge in [-0.1, -0.05) is 35.4 Å². The van der Waals surface area contributed by atoms with E-state index in [2.05, 4.69) is 31.1 Å². The number of carbonyl (C=O) groups excluding carboxylic acids is 1. The van der Waals surface area contributed by atoms with Gasteiger partial charge in [0.2, 0.25) is 5.95 Å². The van der Waals surface area contributed by atoms with E-state index >= 15 is 0 Å². The Bertz CT molecular complexity index is 1310. The highest BCUT2D eigenvalue weighted by Gasteiger charge is 2.35. The van der Waals surface area contributed by atoms with Crippen molar-refractivity contribution in [2.75, 3.05) is 10.6 Å². The van der Waals surface area contributed by atoms with Crippen LogP contribution >= 0.6 is 0 Å². The maximum absolute atomic E-state index is 13.5. The number of carbonyl (C=O) groups is 1. The van der Waals surface area contributed by atoms with Crippen molar-refractivity contribution in [3.63, 3.8) is 0 Å². The van der Waals surface area contributed by atoms with Crippen LogP contribution < -0.4 is 10.6 Å². The topological polar surface area (TPSA) is 101 Å². The van der Waals surface area contributed by atoms with Crippen molar-refractivity contribution in [2.45, 2.75) is 26.8 Å². The lowest BCUT2D eigenvalue weighted by Crippen LogP contribution is -2.31. The molecule has 5 rings (SSSR count). The molecule has 2 aromatic carbocycles. The molecule has 1 aliphatic rings. The number of nitrogens with one attached hydrogen (secondary N) is 3. The lowest BCUT2D eigenvalue weighted by Gasteiger charge is -2.27. The zero-order chi connectivity index (χ0) is 20.8. The predicted octanol–water partition coefficient (Wildman–Crippen LogP) is 3.70. The Balaban J connectivity index is 1.63. The Morgan fingerprint density at radius 1 is 1.10 bits per heavy atom. The van der Waals surface area contributed by atoms with E-state index in [1.807, 2.05) is 69.4 Å². The summed E-state index contributed by atoms with van der Waals surface area (Å²) in [7, 11) is 0. The molecular formula is C22H21N7O. The lowest BCUT2D eigenvalue weighted by atomic mass is 9.94. The second-order valence-corrected chi connectivity index (χ2v) is 7.50. The Morgan fingerprint density at radius 3 is 2.80 bits per heavy atom. The summed E-state index contributed by atoms with van der Waals surface area (Å²) in [5.74, 6) is 0.316. The van der Waals surface area contributed by atoms with Crippen LogP contribution in [-0.4, -0.2) is 31.1 Å². The maximum Gasteiger partial charge on any atom is 0.255 e. The van der Waals surface area contributed by atoms with Crippen molar-refractivity contribution in [1.29, 1.82) is 0 Å². The summed E-state index contributed by atoms with van der Waals surface area (Å²) in [6, 6.07) is 13.4. The van der Waals surface area contributed by atoms with E-state index in [-0.39, 0.29) is 5.91 Å². The van der Waals surface area contributed by atoms with Crippen molar-refractivity contribution in [3.05, 3.63) is 76.6 Å². The average Bonchev–Trinajstić information content (AvgIpc) is 3.37. The molecule has 4 aromatic rings. The fraction of sp³-hybridized carbons (Fsp3) is 0.182. The van der Waals surface area contributed by atoms with Gasteiger partial charge >= 0.3 is 0 Å². The number of allylic oxidation sites excluding steroid dienone is 1. The van der Waals surface area contributed by atoms with Crippen LogP contribution in [0.5, 0.6) is 0 Å². The summed E-state index contributed by atoms with van der Waals surface area (Å²) in [6.45, 7) is 5.90. The highest BCUT2D eigenvalue weighted by molar-refractivity contribution is 6.07. The van der Waals surface area contributed by atoms with Gasteiger partial charge < -0.3 is 15.6 Å². The largest absolute Gasteiger partial charge is 0.361 e. The monoisotopic (exact) mass is 399 g/mol. The van der Waals surface area contributed by atoms with Crippen LogP contribution in [0.4, 0.5) is 11.6 Å². The zero-order valence-corrected chi connectivity index (χ0v) is 16.9. The Kier molecular flexibility index (Phi) is 4.13. The van der Waals surface area contributed by atoms with Gasteiger partial charge in [0, 0.05) is 34.0 Å². The number of aryl methyl sites for hydroxylation is 1. The van der Waals surface area contributed by atoms with Gasteiger partial charge in [0.25, 0.3) is 5.91 Å². The van der Waals surface area contributed by atoms with Crippen LogP contribution in [0.3, 0.4) is 0 Å². The van der Waals surface area contributed by atoms with Gasteiger partial charge in [-0.05, 0) is 54.5 Å². The molecule has 30 heavy (non-hydrogen) atoms. The van der Waals surface area contributed by atoms with Crippen molar-refractivity contribution in [1.82, 2.24) is 25.2 Å². The molecule has 3 heterocycles. The van der Waals surface area contributed by atoms with Gasteiger partial charge in [-0.15, -0.1) is 0 Å². The van der Waals surface area contributed by atoms with Crippen molar-refractivity contribution < 1.29 is 4.79 Å². The fourth-order valence-electron chi connectivity index (χ4n) is 3.99. The fourth-order valence-corrected chi connectivity index (χ4v) is 3.99. The number of nitrogens with zero attached hydrogens (tertiary/aromatic N) is 4. The number of H-pyrrole nitrogens is 1. The summed E-state index contributed by atoms with van der Waals surface area (Å²) in [5.41, 5.74) is 6.17. The number of amides is 1. The number of rotatable bonds is 3. The van der Waals surface area contributed by atoms with Crippen LogP contribution in [0, 0.1) is 13.8 Å². The number of hydrogen-bond acceptors (Lipinski definition) is 5. The highest BCUT2D eigenvalue weighted by Crippen LogP contribution is 2.38. The summed E-state index contributed by atoms with van der Waals surface area (Å²) >= 11 is 0. The van der Waals surface area contributed by atoms with E-state index in [9.17, 15) is 4.79 Å². The molecule has 0 fully saturated rings. The predicted molar refractivity (Wildman–Crippen MR) is 115 cm³/mol. The number of anilines is 2. The summed E-state index contributed by atoms with van der Waals surface area (Å²) in [6.07, 6.45) is 1.92. The number of fused-ring (bicyclic) bond motifs is 2. The number of benzene rings is 2. The molecule has 1 unspecified atom stereocenters. The lowest BCUT2D eigenvalue weighted by molar-refractivity contribution is -0.113. The molecule has 0 spiro atoms. The number of aromatic amines is 1. The van der Waals surface area contributed by atoms with Crippen molar-refractivity contribution >= 4 is 28.4 Å². The maximum atomic E-state index is 13.5. The third-order valence-corrected chi connectivity index (χ3v) is 5.73. The van der Waals surface area contributed by atoms with E-state index in [0.717, 1.165) is 39.0 Å². The molecule has 1 aliphatic heterocycles. The number of hydrogen-bond donors (Lipinski definition) is 3. The molecule has 8 nitrogen and oxygen atoms in total. The SMILES string of the molecule is CC1=C(C(=O)Nc2cccc(C)c2C)C(c2c[nH]c3ccccc23)n2nnnc2N1. The van der Waals surface area contributed by atoms with E-state index in [4.69, 9.17) is 0 Å². The van der Waals surface area contributed by atoms with Gasteiger partial charge in [-0.25, -0.2) is 0 Å². The first kappa shape index (κ1) is 18.1. The Hall–Kier alpha value is -3.94. The van der Waals surface area contributed by atoms with Crippen LogP contribution in [-0.2, 0) is 4.79 Å². The van der Waals surface area contributed by atoms with Crippen LogP contribution in [0.2, 0.25) is 0 Å². The molecule has 2 aromatic heterocycles. The van der Waals surface area contributed by atoms with Gasteiger partial charge in [0.1, 0.15) is 6.04 Å². The molecule has 0 bridgehead atoms. The molecule has 0 saturated carbocycles. The molecule has 1 amide bonds. The van der Waals surface area contributed by atoms with E-state index in [1.54, 1.807) is 4.68 Å². The van der Waals surface area contributed by atoms with Crippen LogP contribution in [0.15, 0.2) is 59.9 Å². The van der Waals surface area contributed by atoms with Gasteiger partial charge in [0.05, 0.1) is 5.57 Å². The summed E-state index contributed by atoms with van der Waals surface area (Å²) < 4.78 is 1.65. The number of tetrazole rings is 1. The standard InChI is InChI=1S/C22H21N7O/c1-12-7-6-10-17(13(12)2)25-21(30)19-14(3)24-22-26-27-28-29(22)20(19)16-11-23-18-9-5-4-8-15(16)18/h4-11,20,23H,1-3H3,(H,25,30)(H,24,26,28). The summed E-state index contributed by atoms with van der Waals surface area (Å²) in [4.78, 5) is 16.8. The molecule has 0 radical (unpaired) electrons. The molecule has 8 heteroatoms. The van der Waals surface area contributed by atoms with E-state index < -0.39 is 6.04 Å². The zero-order valence-electron chi connectivity index (χ0n) is 16.9. The third-order valence-electron chi connectivity index (χ3n) is 5.73. The summed E-state index contributed by atoms with van der Waals surface area (Å²) in [5, 5.41) is 19.3. The minimum Gasteiger partial charge on any atom is -0.361 e. The first-order valence-electron chi connectivity index (χ1n) is 9.74. The second kappa shape index (κ2) is 6.84. The molecular weight excluding hydrogens is 378 g/mol. The molecule has 0 aliphatic carbocycles.